The molecule has 0 atom stereocenters. The van der Waals surface area contributed by atoms with Crippen LogP contribution >= 0.6 is 11.6 Å². The molecule has 1 aliphatic rings. The summed E-state index contributed by atoms with van der Waals surface area (Å²) in [5.41, 5.74) is 1.46. The largest absolute Gasteiger partial charge is 0.378 e. The van der Waals surface area contributed by atoms with Gasteiger partial charge in [-0.25, -0.2) is 9.97 Å². The topological polar surface area (TPSA) is 110 Å². The van der Waals surface area contributed by atoms with Crippen molar-refractivity contribution in [3.63, 3.8) is 0 Å². The van der Waals surface area contributed by atoms with Crippen molar-refractivity contribution >= 4 is 29.1 Å². The number of aryl methyl sites for hydroxylation is 1. The lowest BCUT2D eigenvalue weighted by Crippen LogP contribution is -2.37. The molecule has 1 fully saturated rings. The van der Waals surface area contributed by atoms with Gasteiger partial charge in [0, 0.05) is 30.9 Å². The number of morpholine rings is 1. The lowest BCUT2D eigenvalue weighted by atomic mass is 10.2. The van der Waals surface area contributed by atoms with E-state index >= 15 is 0 Å². The first kappa shape index (κ1) is 19.0. The first-order valence-electron chi connectivity index (χ1n) is 8.33. The van der Waals surface area contributed by atoms with Gasteiger partial charge < -0.3 is 15.0 Å². The van der Waals surface area contributed by atoms with Crippen molar-refractivity contribution in [3.05, 3.63) is 56.4 Å². The molecule has 0 bridgehead atoms. The first-order chi connectivity index (χ1) is 12.9. The van der Waals surface area contributed by atoms with Crippen molar-refractivity contribution in [2.24, 2.45) is 0 Å². The van der Waals surface area contributed by atoms with E-state index in [2.05, 4.69) is 15.3 Å². The minimum absolute atomic E-state index is 0.0228. The molecule has 0 radical (unpaired) electrons. The molecule has 0 unspecified atom stereocenters. The van der Waals surface area contributed by atoms with E-state index in [0.29, 0.717) is 37.9 Å². The van der Waals surface area contributed by atoms with Crippen LogP contribution in [0.2, 0.25) is 5.02 Å². The summed E-state index contributed by atoms with van der Waals surface area (Å²) in [6, 6.07) is 5.52. The van der Waals surface area contributed by atoms with E-state index in [4.69, 9.17) is 16.3 Å². The molecule has 142 valence electrons. The summed E-state index contributed by atoms with van der Waals surface area (Å²) in [7, 11) is 0. The average molecular weight is 392 g/mol. The average Bonchev–Trinajstić information content (AvgIpc) is 2.66. The Kier molecular flexibility index (Phi) is 5.82. The highest BCUT2D eigenvalue weighted by atomic mass is 35.5. The number of halogens is 1. The highest BCUT2D eigenvalue weighted by Gasteiger charge is 2.17. The monoisotopic (exact) mass is 391 g/mol. The molecule has 1 aromatic carbocycles. The fourth-order valence-corrected chi connectivity index (χ4v) is 2.94. The summed E-state index contributed by atoms with van der Waals surface area (Å²) < 4.78 is 5.34. The van der Waals surface area contributed by atoms with Crippen molar-refractivity contribution in [2.45, 2.75) is 13.5 Å². The van der Waals surface area contributed by atoms with Gasteiger partial charge in [0.25, 0.3) is 11.6 Å². The Labute approximate surface area is 160 Å². The van der Waals surface area contributed by atoms with Crippen LogP contribution in [0.15, 0.2) is 24.3 Å². The van der Waals surface area contributed by atoms with Gasteiger partial charge >= 0.3 is 0 Å². The van der Waals surface area contributed by atoms with Crippen LogP contribution in [0.5, 0.6) is 0 Å². The van der Waals surface area contributed by atoms with Crippen LogP contribution in [0.1, 0.15) is 21.7 Å². The zero-order chi connectivity index (χ0) is 19.4. The molecule has 3 rings (SSSR count). The lowest BCUT2D eigenvalue weighted by Gasteiger charge is -2.27. The number of carbonyl (C=O) groups excluding carboxylic acids is 1. The molecule has 2 aromatic rings. The highest BCUT2D eigenvalue weighted by Crippen LogP contribution is 2.22. The van der Waals surface area contributed by atoms with Gasteiger partial charge in [0.1, 0.15) is 0 Å². The van der Waals surface area contributed by atoms with Crippen LogP contribution in [0.4, 0.5) is 11.6 Å². The van der Waals surface area contributed by atoms with Gasteiger partial charge in [-0.1, -0.05) is 11.6 Å². The van der Waals surface area contributed by atoms with Gasteiger partial charge in [0.15, 0.2) is 0 Å². The Balaban J connectivity index is 1.70. The van der Waals surface area contributed by atoms with Crippen molar-refractivity contribution in [3.8, 4) is 0 Å². The minimum atomic E-state index is -0.565. The smallest absolute Gasteiger partial charge is 0.270 e. The highest BCUT2D eigenvalue weighted by molar-refractivity contribution is 6.34. The zero-order valence-electron chi connectivity index (χ0n) is 14.6. The van der Waals surface area contributed by atoms with Crippen molar-refractivity contribution in [2.75, 3.05) is 31.2 Å². The third kappa shape index (κ3) is 4.69. The fraction of sp³-hybridized carbons (Fsp3) is 0.353. The summed E-state index contributed by atoms with van der Waals surface area (Å²) in [6.45, 7) is 4.74. The van der Waals surface area contributed by atoms with E-state index in [1.807, 2.05) is 11.8 Å². The van der Waals surface area contributed by atoms with Crippen LogP contribution in [-0.4, -0.2) is 47.1 Å². The van der Waals surface area contributed by atoms with Crippen LogP contribution in [-0.2, 0) is 11.3 Å². The number of nitro benzene ring substituents is 1. The number of nitrogens with one attached hydrogen (secondary N) is 1. The molecule has 0 spiro atoms. The molecule has 10 heteroatoms. The fourth-order valence-electron chi connectivity index (χ4n) is 2.68. The van der Waals surface area contributed by atoms with Gasteiger partial charge in [0.2, 0.25) is 5.95 Å². The maximum Gasteiger partial charge on any atom is 0.270 e. The van der Waals surface area contributed by atoms with Gasteiger partial charge in [-0.2, -0.15) is 0 Å². The Morgan fingerprint density at radius 1 is 1.33 bits per heavy atom. The molecule has 0 aliphatic carbocycles. The number of rotatable bonds is 5. The zero-order valence-corrected chi connectivity index (χ0v) is 15.4. The summed E-state index contributed by atoms with van der Waals surface area (Å²) in [5, 5.41) is 13.5. The first-order valence-corrected chi connectivity index (χ1v) is 8.71. The number of nitrogens with zero attached hydrogens (tertiary/aromatic N) is 4. The number of non-ortho nitro benzene ring substituents is 1. The quantitative estimate of drug-likeness (QED) is 0.613. The Morgan fingerprint density at radius 2 is 2.07 bits per heavy atom. The van der Waals surface area contributed by atoms with Crippen molar-refractivity contribution < 1.29 is 14.5 Å². The number of hydrogen-bond donors (Lipinski definition) is 1. The third-order valence-electron chi connectivity index (χ3n) is 4.03. The Bertz CT molecular complexity index is 870. The number of hydrogen-bond acceptors (Lipinski definition) is 7. The number of aromatic nitrogens is 2. The van der Waals surface area contributed by atoms with Crippen molar-refractivity contribution in [1.29, 1.82) is 0 Å². The predicted molar refractivity (Wildman–Crippen MR) is 99.1 cm³/mol. The summed E-state index contributed by atoms with van der Waals surface area (Å²) in [5.74, 6) is 0.176. The van der Waals surface area contributed by atoms with Gasteiger partial charge in [-0.15, -0.1) is 0 Å². The van der Waals surface area contributed by atoms with E-state index in [0.717, 1.165) is 11.8 Å². The summed E-state index contributed by atoms with van der Waals surface area (Å²) in [4.78, 5) is 33.5. The van der Waals surface area contributed by atoms with Crippen LogP contribution in [0, 0.1) is 17.0 Å². The van der Waals surface area contributed by atoms with Crippen LogP contribution in [0.25, 0.3) is 0 Å². The number of anilines is 1. The second-order valence-electron chi connectivity index (χ2n) is 6.00. The maximum atomic E-state index is 12.4. The molecule has 27 heavy (non-hydrogen) atoms. The number of benzene rings is 1. The molecule has 1 amide bonds. The normalized spacial score (nSPS) is 14.1. The van der Waals surface area contributed by atoms with Gasteiger partial charge in [-0.3, -0.25) is 14.9 Å². The SMILES string of the molecule is Cc1cc(CNC(=O)c2ccc([N+](=O)[O-])cc2Cl)nc(N2CCOCC2)n1. The lowest BCUT2D eigenvalue weighted by molar-refractivity contribution is -0.384. The second kappa shape index (κ2) is 8.28. The number of amides is 1. The third-order valence-corrected chi connectivity index (χ3v) is 4.34. The van der Waals surface area contributed by atoms with Gasteiger partial charge in [-0.05, 0) is 19.1 Å². The Hall–Kier alpha value is -2.78. The predicted octanol–water partition coefficient (Wildman–Crippen LogP) is 2.11. The number of nitro groups is 1. The molecule has 1 aliphatic heterocycles. The van der Waals surface area contributed by atoms with E-state index in [1.165, 1.54) is 12.1 Å². The summed E-state index contributed by atoms with van der Waals surface area (Å²) >= 11 is 5.99. The molecular weight excluding hydrogens is 374 g/mol. The van der Waals surface area contributed by atoms with Gasteiger partial charge in [0.05, 0.1) is 41.0 Å². The molecule has 2 heterocycles. The molecule has 1 saturated heterocycles. The minimum Gasteiger partial charge on any atom is -0.378 e. The Morgan fingerprint density at radius 3 is 2.74 bits per heavy atom. The summed E-state index contributed by atoms with van der Waals surface area (Å²) in [6.07, 6.45) is 0. The number of ether oxygens (including phenoxy) is 1. The standard InChI is InChI=1S/C17H18ClN5O4/c1-11-8-12(21-17(20-11)22-4-6-27-7-5-22)10-19-16(24)14-3-2-13(23(25)26)9-15(14)18/h2-3,8-9H,4-7,10H2,1H3,(H,19,24). The maximum absolute atomic E-state index is 12.4. The number of carbonyl (C=O) groups is 1. The van der Waals surface area contributed by atoms with E-state index in [9.17, 15) is 14.9 Å². The molecule has 9 nitrogen and oxygen atoms in total. The van der Waals surface area contributed by atoms with Crippen LogP contribution in [0.3, 0.4) is 0 Å². The van der Waals surface area contributed by atoms with E-state index in [-0.39, 0.29) is 22.8 Å². The molecule has 1 N–H and O–H groups in total. The van der Waals surface area contributed by atoms with Crippen molar-refractivity contribution in [1.82, 2.24) is 15.3 Å². The molecule has 1 aromatic heterocycles. The molecular formula is C17H18ClN5O4. The molecule has 0 saturated carbocycles. The van der Waals surface area contributed by atoms with E-state index < -0.39 is 10.8 Å². The van der Waals surface area contributed by atoms with E-state index in [1.54, 1.807) is 6.07 Å². The second-order valence-corrected chi connectivity index (χ2v) is 6.41. The van der Waals surface area contributed by atoms with Crippen LogP contribution < -0.4 is 10.2 Å².